The normalized spacial score (nSPS) is 11.4. The van der Waals surface area contributed by atoms with Crippen LogP contribution in [0.25, 0.3) is 0 Å². The topological polar surface area (TPSA) is 85.9 Å². The van der Waals surface area contributed by atoms with Gasteiger partial charge in [0.15, 0.2) is 0 Å². The van der Waals surface area contributed by atoms with Crippen molar-refractivity contribution in [2.45, 2.75) is 19.9 Å². The van der Waals surface area contributed by atoms with Gasteiger partial charge in [0.05, 0.1) is 20.8 Å². The molecule has 2 N–H and O–H groups in total. The first-order chi connectivity index (χ1) is 12.4. The van der Waals surface area contributed by atoms with Crippen LogP contribution in [-0.2, 0) is 9.53 Å². The van der Waals surface area contributed by atoms with Gasteiger partial charge in [-0.05, 0) is 18.1 Å². The molecular formula is C19H26N2O5. The molecule has 1 rings (SSSR count). The van der Waals surface area contributed by atoms with Crippen molar-refractivity contribution in [2.75, 3.05) is 34.0 Å². The van der Waals surface area contributed by atoms with Gasteiger partial charge in [-0.3, -0.25) is 9.59 Å². The summed E-state index contributed by atoms with van der Waals surface area (Å²) in [5.74, 6) is 2.56. The number of nitrogens with one attached hydrogen (secondary N) is 2. The zero-order valence-corrected chi connectivity index (χ0v) is 15.6. The molecule has 0 bridgehead atoms. The molecule has 142 valence electrons. The number of terminal acetylenes is 1. The standard InChI is InChI=1S/C19H26N2O5/c1-6-8-26-9-7-20-19(23)17(13(2)3)21-18(22)14-10-15(24-4)12-16(11-14)25-5/h1,10-13,17H,7-9H2,2-5H3,(H,20,23)(H,21,22). The van der Waals surface area contributed by atoms with Crippen LogP contribution in [0.15, 0.2) is 18.2 Å². The first-order valence-electron chi connectivity index (χ1n) is 8.25. The summed E-state index contributed by atoms with van der Waals surface area (Å²) in [7, 11) is 3.01. The molecule has 1 atom stereocenters. The Labute approximate surface area is 154 Å². The number of methoxy groups -OCH3 is 2. The maximum atomic E-state index is 12.6. The van der Waals surface area contributed by atoms with E-state index >= 15 is 0 Å². The van der Waals surface area contributed by atoms with E-state index in [-0.39, 0.29) is 24.3 Å². The number of carbonyl (C=O) groups is 2. The maximum absolute atomic E-state index is 12.6. The summed E-state index contributed by atoms with van der Waals surface area (Å²) in [5, 5.41) is 5.48. The van der Waals surface area contributed by atoms with Crippen molar-refractivity contribution >= 4 is 11.8 Å². The highest BCUT2D eigenvalue weighted by molar-refractivity contribution is 5.98. The summed E-state index contributed by atoms with van der Waals surface area (Å²) in [6.45, 7) is 4.52. The van der Waals surface area contributed by atoms with Crippen molar-refractivity contribution in [2.24, 2.45) is 5.92 Å². The van der Waals surface area contributed by atoms with E-state index in [1.807, 2.05) is 13.8 Å². The Morgan fingerprint density at radius 1 is 1.15 bits per heavy atom. The molecule has 0 heterocycles. The lowest BCUT2D eigenvalue weighted by Crippen LogP contribution is -2.50. The minimum Gasteiger partial charge on any atom is -0.497 e. The van der Waals surface area contributed by atoms with Crippen LogP contribution in [0.2, 0.25) is 0 Å². The summed E-state index contributed by atoms with van der Waals surface area (Å²) in [5.41, 5.74) is 0.344. The maximum Gasteiger partial charge on any atom is 0.252 e. The fourth-order valence-electron chi connectivity index (χ4n) is 2.19. The smallest absolute Gasteiger partial charge is 0.252 e. The fraction of sp³-hybridized carbons (Fsp3) is 0.474. The van der Waals surface area contributed by atoms with Crippen molar-refractivity contribution < 1.29 is 23.8 Å². The van der Waals surface area contributed by atoms with Gasteiger partial charge in [-0.15, -0.1) is 6.42 Å². The number of amides is 2. The Bertz CT molecular complexity index is 630. The Balaban J connectivity index is 2.76. The van der Waals surface area contributed by atoms with Crippen LogP contribution >= 0.6 is 0 Å². The van der Waals surface area contributed by atoms with Gasteiger partial charge in [0.25, 0.3) is 5.91 Å². The summed E-state index contributed by atoms with van der Waals surface area (Å²) in [4.78, 5) is 24.9. The fourth-order valence-corrected chi connectivity index (χ4v) is 2.19. The molecule has 0 saturated carbocycles. The van der Waals surface area contributed by atoms with Crippen molar-refractivity contribution in [1.29, 1.82) is 0 Å². The summed E-state index contributed by atoms with van der Waals surface area (Å²) in [6, 6.07) is 4.15. The molecule has 0 aliphatic carbocycles. The van der Waals surface area contributed by atoms with Crippen LogP contribution in [0, 0.1) is 18.3 Å². The van der Waals surface area contributed by atoms with Gasteiger partial charge in [-0.2, -0.15) is 0 Å². The van der Waals surface area contributed by atoms with E-state index in [4.69, 9.17) is 20.6 Å². The third kappa shape index (κ3) is 6.65. The highest BCUT2D eigenvalue weighted by atomic mass is 16.5. The van der Waals surface area contributed by atoms with Crippen molar-refractivity contribution in [3.8, 4) is 23.8 Å². The van der Waals surface area contributed by atoms with E-state index in [0.717, 1.165) is 0 Å². The third-order valence-corrected chi connectivity index (χ3v) is 3.58. The quantitative estimate of drug-likeness (QED) is 0.483. The van der Waals surface area contributed by atoms with Gasteiger partial charge in [-0.1, -0.05) is 19.8 Å². The number of rotatable bonds is 10. The van der Waals surface area contributed by atoms with E-state index in [9.17, 15) is 9.59 Å². The highest BCUT2D eigenvalue weighted by Gasteiger charge is 2.24. The van der Waals surface area contributed by atoms with Crippen LogP contribution in [0.3, 0.4) is 0 Å². The summed E-state index contributed by atoms with van der Waals surface area (Å²) >= 11 is 0. The molecule has 7 nitrogen and oxygen atoms in total. The number of hydrogen-bond donors (Lipinski definition) is 2. The lowest BCUT2D eigenvalue weighted by Gasteiger charge is -2.22. The molecule has 0 aliphatic heterocycles. The Morgan fingerprint density at radius 2 is 1.77 bits per heavy atom. The molecule has 0 aliphatic rings. The SMILES string of the molecule is C#CCOCCNC(=O)C(NC(=O)c1cc(OC)cc(OC)c1)C(C)C. The molecule has 1 aromatic carbocycles. The van der Waals surface area contributed by atoms with Crippen LogP contribution in [0.1, 0.15) is 24.2 Å². The van der Waals surface area contributed by atoms with Crippen LogP contribution in [0.4, 0.5) is 0 Å². The van der Waals surface area contributed by atoms with Crippen LogP contribution in [0.5, 0.6) is 11.5 Å². The molecule has 0 spiro atoms. The Morgan fingerprint density at radius 3 is 2.27 bits per heavy atom. The van der Waals surface area contributed by atoms with E-state index in [0.29, 0.717) is 30.2 Å². The number of hydrogen-bond acceptors (Lipinski definition) is 5. The Hall–Kier alpha value is -2.72. The summed E-state index contributed by atoms with van der Waals surface area (Å²) < 4.78 is 15.4. The lowest BCUT2D eigenvalue weighted by molar-refractivity contribution is -0.124. The molecule has 2 amide bonds. The average molecular weight is 362 g/mol. The lowest BCUT2D eigenvalue weighted by atomic mass is 10.0. The minimum absolute atomic E-state index is 0.0990. The van der Waals surface area contributed by atoms with Gasteiger partial charge in [0.2, 0.25) is 5.91 Å². The van der Waals surface area contributed by atoms with Gasteiger partial charge in [0.1, 0.15) is 24.1 Å². The van der Waals surface area contributed by atoms with Crippen molar-refractivity contribution in [3.63, 3.8) is 0 Å². The van der Waals surface area contributed by atoms with Crippen LogP contribution in [-0.4, -0.2) is 51.8 Å². The van der Waals surface area contributed by atoms with Gasteiger partial charge >= 0.3 is 0 Å². The number of benzene rings is 1. The van der Waals surface area contributed by atoms with Gasteiger partial charge in [0, 0.05) is 18.2 Å². The second kappa shape index (κ2) is 11.0. The largest absolute Gasteiger partial charge is 0.497 e. The molecule has 0 saturated heterocycles. The molecule has 0 aromatic heterocycles. The predicted octanol–water partition coefficient (Wildman–Crippen LogP) is 1.22. The monoisotopic (exact) mass is 362 g/mol. The molecule has 1 unspecified atom stereocenters. The number of ether oxygens (including phenoxy) is 3. The Kier molecular flexibility index (Phi) is 9.02. The third-order valence-electron chi connectivity index (χ3n) is 3.58. The zero-order chi connectivity index (χ0) is 19.5. The number of carbonyl (C=O) groups excluding carboxylic acids is 2. The van der Waals surface area contributed by atoms with Gasteiger partial charge < -0.3 is 24.8 Å². The van der Waals surface area contributed by atoms with E-state index in [1.165, 1.54) is 14.2 Å². The van der Waals surface area contributed by atoms with E-state index < -0.39 is 6.04 Å². The highest BCUT2D eigenvalue weighted by Crippen LogP contribution is 2.22. The zero-order valence-electron chi connectivity index (χ0n) is 15.6. The molecule has 1 aromatic rings. The van der Waals surface area contributed by atoms with Crippen molar-refractivity contribution in [1.82, 2.24) is 10.6 Å². The second-order valence-corrected chi connectivity index (χ2v) is 5.84. The molecule has 0 radical (unpaired) electrons. The molecule has 26 heavy (non-hydrogen) atoms. The second-order valence-electron chi connectivity index (χ2n) is 5.84. The van der Waals surface area contributed by atoms with E-state index in [2.05, 4.69) is 16.6 Å². The predicted molar refractivity (Wildman–Crippen MR) is 98.3 cm³/mol. The molecule has 7 heteroatoms. The molecular weight excluding hydrogens is 336 g/mol. The first-order valence-corrected chi connectivity index (χ1v) is 8.25. The van der Waals surface area contributed by atoms with Crippen molar-refractivity contribution in [3.05, 3.63) is 23.8 Å². The average Bonchev–Trinajstić information content (AvgIpc) is 2.64. The van der Waals surface area contributed by atoms with E-state index in [1.54, 1.807) is 18.2 Å². The van der Waals surface area contributed by atoms with Gasteiger partial charge in [-0.25, -0.2) is 0 Å². The first kappa shape index (κ1) is 21.3. The van der Waals surface area contributed by atoms with Crippen LogP contribution < -0.4 is 20.1 Å². The molecule has 0 fully saturated rings. The minimum atomic E-state index is -0.688. The summed E-state index contributed by atoms with van der Waals surface area (Å²) in [6.07, 6.45) is 5.08.